The second-order valence-electron chi connectivity index (χ2n) is 7.06. The lowest BCUT2D eigenvalue weighted by Gasteiger charge is -2.22. The van der Waals surface area contributed by atoms with Crippen LogP contribution in [0.25, 0.3) is 0 Å². The fourth-order valence-corrected chi connectivity index (χ4v) is 4.42. The molecule has 6 nitrogen and oxygen atoms in total. The first-order chi connectivity index (χ1) is 11.9. The smallest absolute Gasteiger partial charge is 0.291 e. The molecule has 0 saturated carbocycles. The number of furan rings is 1. The maximum atomic E-state index is 13.0. The minimum atomic E-state index is -0.492. The summed E-state index contributed by atoms with van der Waals surface area (Å²) in [5, 5.41) is 2.90. The van der Waals surface area contributed by atoms with Gasteiger partial charge >= 0.3 is 0 Å². The minimum absolute atomic E-state index is 0.0450. The van der Waals surface area contributed by atoms with Crippen molar-refractivity contribution < 1.29 is 18.8 Å². The zero-order valence-electron chi connectivity index (χ0n) is 14.9. The van der Waals surface area contributed by atoms with Gasteiger partial charge in [0.2, 0.25) is 5.91 Å². The summed E-state index contributed by atoms with van der Waals surface area (Å²) < 4.78 is 5.75. The van der Waals surface area contributed by atoms with Crippen molar-refractivity contribution in [2.45, 2.75) is 46.1 Å². The number of ketones is 1. The number of hydrogen-bond donors (Lipinski definition) is 1. The number of aryl methyl sites for hydroxylation is 1. The normalized spacial score (nSPS) is 20.1. The average molecular weight is 364 g/mol. The molecule has 1 saturated heterocycles. The molecule has 3 rings (SSSR count). The van der Waals surface area contributed by atoms with Crippen LogP contribution in [0.4, 0.5) is 0 Å². The number of carbonyl (C=O) groups is 3. The summed E-state index contributed by atoms with van der Waals surface area (Å²) in [4.78, 5) is 39.1. The van der Waals surface area contributed by atoms with Crippen LogP contribution in [0.1, 0.15) is 58.9 Å². The fourth-order valence-electron chi connectivity index (χ4n) is 3.27. The third-order valence-electron chi connectivity index (χ3n) is 4.63. The van der Waals surface area contributed by atoms with Gasteiger partial charge in [0.1, 0.15) is 11.8 Å². The molecule has 0 aromatic carbocycles. The van der Waals surface area contributed by atoms with Gasteiger partial charge in [0.05, 0.1) is 11.4 Å². The molecule has 0 spiro atoms. The lowest BCUT2D eigenvalue weighted by molar-refractivity contribution is -0.124. The molecule has 2 aliphatic rings. The van der Waals surface area contributed by atoms with E-state index in [1.165, 1.54) is 0 Å². The number of fused-ring (bicyclic) bond motifs is 1. The highest BCUT2D eigenvalue weighted by Gasteiger charge is 2.38. The summed E-state index contributed by atoms with van der Waals surface area (Å²) in [6.07, 6.45) is 1.94. The number of carbonyl (C=O) groups excluding carboxylic acids is 3. The molecule has 1 unspecified atom stereocenters. The van der Waals surface area contributed by atoms with Crippen LogP contribution in [0.2, 0.25) is 0 Å². The van der Waals surface area contributed by atoms with Gasteiger partial charge in [-0.25, -0.2) is 0 Å². The molecular weight excluding hydrogens is 340 g/mol. The van der Waals surface area contributed by atoms with Gasteiger partial charge in [0.25, 0.3) is 5.91 Å². The van der Waals surface area contributed by atoms with Crippen molar-refractivity contribution in [3.8, 4) is 0 Å². The van der Waals surface area contributed by atoms with Crippen molar-refractivity contribution in [1.29, 1.82) is 0 Å². The monoisotopic (exact) mass is 364 g/mol. The standard InChI is InChI=1S/C18H24N2O4S/c1-10(2)7-19-17(22)12-8-25-9-20(12)18(23)16-11(3)15-13(21)5-4-6-14(15)24-16/h10,12H,4-9H2,1-3H3,(H,19,22). The molecule has 2 amide bonds. The Hall–Kier alpha value is -1.76. The van der Waals surface area contributed by atoms with Gasteiger partial charge in [-0.3, -0.25) is 14.4 Å². The summed E-state index contributed by atoms with van der Waals surface area (Å²) in [6, 6.07) is -0.492. The van der Waals surface area contributed by atoms with Crippen LogP contribution in [0.3, 0.4) is 0 Å². The van der Waals surface area contributed by atoms with Gasteiger partial charge in [-0.2, -0.15) is 0 Å². The predicted octanol–water partition coefficient (Wildman–Crippen LogP) is 2.39. The quantitative estimate of drug-likeness (QED) is 0.887. The predicted molar refractivity (Wildman–Crippen MR) is 95.8 cm³/mol. The van der Waals surface area contributed by atoms with E-state index in [9.17, 15) is 14.4 Å². The molecule has 1 N–H and O–H groups in total. The van der Waals surface area contributed by atoms with E-state index in [1.807, 2.05) is 13.8 Å². The Morgan fingerprint density at radius 2 is 2.12 bits per heavy atom. The van der Waals surface area contributed by atoms with E-state index in [0.29, 0.717) is 53.8 Å². The second-order valence-corrected chi connectivity index (χ2v) is 8.06. The molecule has 25 heavy (non-hydrogen) atoms. The molecule has 1 aliphatic heterocycles. The van der Waals surface area contributed by atoms with Crippen LogP contribution >= 0.6 is 11.8 Å². The average Bonchev–Trinajstić information content (AvgIpc) is 3.18. The van der Waals surface area contributed by atoms with E-state index in [4.69, 9.17) is 4.42 Å². The van der Waals surface area contributed by atoms with Crippen molar-refractivity contribution in [2.75, 3.05) is 18.2 Å². The molecule has 1 fully saturated rings. The summed E-state index contributed by atoms with van der Waals surface area (Å²) in [5.41, 5.74) is 1.19. The SMILES string of the molecule is Cc1c(C(=O)N2CSCC2C(=O)NCC(C)C)oc2c1C(=O)CCC2. The third-order valence-corrected chi connectivity index (χ3v) is 5.64. The Balaban J connectivity index is 1.80. The molecule has 1 aliphatic carbocycles. The van der Waals surface area contributed by atoms with Crippen molar-refractivity contribution in [3.63, 3.8) is 0 Å². The van der Waals surface area contributed by atoms with Crippen molar-refractivity contribution in [3.05, 3.63) is 22.6 Å². The number of Topliss-reactive ketones (excluding diaryl/α,β-unsaturated/α-hetero) is 1. The van der Waals surface area contributed by atoms with E-state index in [2.05, 4.69) is 5.32 Å². The van der Waals surface area contributed by atoms with Crippen molar-refractivity contribution in [1.82, 2.24) is 10.2 Å². The van der Waals surface area contributed by atoms with E-state index in [0.717, 1.165) is 6.42 Å². The lowest BCUT2D eigenvalue weighted by Crippen LogP contribution is -2.48. The number of hydrogen-bond acceptors (Lipinski definition) is 5. The Bertz CT molecular complexity index is 710. The van der Waals surface area contributed by atoms with Crippen LogP contribution in [0.15, 0.2) is 4.42 Å². The van der Waals surface area contributed by atoms with Crippen LogP contribution in [-0.2, 0) is 11.2 Å². The molecule has 1 atom stereocenters. The van der Waals surface area contributed by atoms with Crippen LogP contribution < -0.4 is 5.32 Å². The highest BCUT2D eigenvalue weighted by atomic mass is 32.2. The molecule has 0 bridgehead atoms. The van der Waals surface area contributed by atoms with Gasteiger partial charge in [0.15, 0.2) is 11.5 Å². The Kier molecular flexibility index (Phi) is 5.22. The van der Waals surface area contributed by atoms with Gasteiger partial charge in [0, 0.05) is 30.7 Å². The number of nitrogens with one attached hydrogen (secondary N) is 1. The molecule has 136 valence electrons. The Morgan fingerprint density at radius 3 is 2.80 bits per heavy atom. The third kappa shape index (κ3) is 3.47. The van der Waals surface area contributed by atoms with Crippen LogP contribution in [0, 0.1) is 12.8 Å². The largest absolute Gasteiger partial charge is 0.455 e. The first-order valence-corrected chi connectivity index (χ1v) is 9.87. The maximum Gasteiger partial charge on any atom is 0.291 e. The first-order valence-electron chi connectivity index (χ1n) is 8.72. The summed E-state index contributed by atoms with van der Waals surface area (Å²) in [6.45, 7) is 6.40. The van der Waals surface area contributed by atoms with Crippen molar-refractivity contribution >= 4 is 29.4 Å². The Labute approximate surface area is 151 Å². The van der Waals surface area contributed by atoms with Crippen molar-refractivity contribution in [2.24, 2.45) is 5.92 Å². The number of nitrogens with zero attached hydrogens (tertiary/aromatic N) is 1. The lowest BCUT2D eigenvalue weighted by atomic mass is 9.94. The minimum Gasteiger partial charge on any atom is -0.455 e. The summed E-state index contributed by atoms with van der Waals surface area (Å²) in [5.74, 6) is 1.84. The van der Waals surface area contributed by atoms with Gasteiger partial charge in [-0.15, -0.1) is 11.8 Å². The number of rotatable bonds is 4. The molecule has 2 heterocycles. The molecule has 1 aromatic rings. The molecular formula is C18H24N2O4S. The van der Waals surface area contributed by atoms with E-state index in [-0.39, 0.29) is 23.4 Å². The fraction of sp³-hybridized carbons (Fsp3) is 0.611. The Morgan fingerprint density at radius 1 is 1.36 bits per heavy atom. The highest BCUT2D eigenvalue weighted by Crippen LogP contribution is 2.32. The first kappa shape index (κ1) is 18.0. The van der Waals surface area contributed by atoms with Gasteiger partial charge < -0.3 is 14.6 Å². The molecule has 7 heteroatoms. The van der Waals surface area contributed by atoms with E-state index in [1.54, 1.807) is 23.6 Å². The van der Waals surface area contributed by atoms with Gasteiger partial charge in [-0.05, 0) is 19.3 Å². The maximum absolute atomic E-state index is 13.0. The second kappa shape index (κ2) is 7.23. The van der Waals surface area contributed by atoms with Gasteiger partial charge in [-0.1, -0.05) is 13.8 Å². The van der Waals surface area contributed by atoms with E-state index < -0.39 is 6.04 Å². The summed E-state index contributed by atoms with van der Waals surface area (Å²) >= 11 is 1.55. The summed E-state index contributed by atoms with van der Waals surface area (Å²) in [7, 11) is 0. The molecule has 0 radical (unpaired) electrons. The topological polar surface area (TPSA) is 79.6 Å². The molecule has 1 aromatic heterocycles. The van der Waals surface area contributed by atoms with Crippen LogP contribution in [0.5, 0.6) is 0 Å². The number of amides is 2. The number of thioether (sulfide) groups is 1. The van der Waals surface area contributed by atoms with E-state index >= 15 is 0 Å². The highest BCUT2D eigenvalue weighted by molar-refractivity contribution is 7.99. The van der Waals surface area contributed by atoms with Crippen LogP contribution in [-0.4, -0.2) is 46.7 Å². The zero-order valence-corrected chi connectivity index (χ0v) is 15.7. The zero-order chi connectivity index (χ0) is 18.1.